The third-order valence-corrected chi connectivity index (χ3v) is 4.38. The molecule has 2 unspecified atom stereocenters. The number of hydrogen-bond acceptors (Lipinski definition) is 4. The molecular formula is C17H26N2O3. The van der Waals surface area contributed by atoms with E-state index in [1.54, 1.807) is 20.3 Å². The summed E-state index contributed by atoms with van der Waals surface area (Å²) in [6, 6.07) is 3.69. The number of aryl methyl sites for hydroxylation is 1. The molecule has 2 atom stereocenters. The lowest BCUT2D eigenvalue weighted by molar-refractivity contribution is 0.0582. The van der Waals surface area contributed by atoms with Gasteiger partial charge in [0.2, 0.25) is 0 Å². The van der Waals surface area contributed by atoms with Crippen molar-refractivity contribution in [3.8, 4) is 11.5 Å². The van der Waals surface area contributed by atoms with Crippen molar-refractivity contribution < 1.29 is 14.3 Å². The summed E-state index contributed by atoms with van der Waals surface area (Å²) in [5.41, 5.74) is 7.62. The first-order valence-corrected chi connectivity index (χ1v) is 7.78. The molecular weight excluding hydrogens is 280 g/mol. The maximum Gasteiger partial charge on any atom is 0.254 e. The molecule has 0 aromatic heterocycles. The molecule has 0 radical (unpaired) electrons. The maximum absolute atomic E-state index is 13.0. The zero-order valence-electron chi connectivity index (χ0n) is 13.9. The number of carbonyl (C=O) groups excluding carboxylic acids is 1. The van der Waals surface area contributed by atoms with Crippen LogP contribution in [0.4, 0.5) is 0 Å². The Bertz CT molecular complexity index is 543. The lowest BCUT2D eigenvalue weighted by Crippen LogP contribution is -2.51. The number of ether oxygens (including phenoxy) is 2. The van der Waals surface area contributed by atoms with E-state index in [2.05, 4.69) is 0 Å². The van der Waals surface area contributed by atoms with Gasteiger partial charge in [-0.1, -0.05) is 0 Å². The third-order valence-electron chi connectivity index (χ3n) is 4.38. The topological polar surface area (TPSA) is 64.8 Å². The molecule has 0 saturated carbocycles. The largest absolute Gasteiger partial charge is 0.493 e. The summed E-state index contributed by atoms with van der Waals surface area (Å²) in [5.74, 6) is 1.24. The van der Waals surface area contributed by atoms with E-state index in [1.807, 2.05) is 24.8 Å². The maximum atomic E-state index is 13.0. The molecule has 1 aliphatic rings. The van der Waals surface area contributed by atoms with Crippen molar-refractivity contribution >= 4 is 5.91 Å². The molecule has 5 heteroatoms. The predicted molar refractivity (Wildman–Crippen MR) is 86.6 cm³/mol. The van der Waals surface area contributed by atoms with E-state index >= 15 is 0 Å². The van der Waals surface area contributed by atoms with Gasteiger partial charge in [-0.25, -0.2) is 0 Å². The van der Waals surface area contributed by atoms with Crippen molar-refractivity contribution in [1.82, 2.24) is 4.90 Å². The van der Waals surface area contributed by atoms with Gasteiger partial charge in [-0.3, -0.25) is 4.79 Å². The van der Waals surface area contributed by atoms with Crippen LogP contribution in [0.15, 0.2) is 12.1 Å². The van der Waals surface area contributed by atoms with Crippen LogP contribution >= 0.6 is 0 Å². The standard InChI is InChI=1S/C17H26N2O3/c1-11-9-15(21-3)16(22-4)10-13(11)17(20)19-8-6-5-7-14(19)12(2)18/h9-10,12,14H,5-8,18H2,1-4H3. The van der Waals surface area contributed by atoms with Crippen LogP contribution < -0.4 is 15.2 Å². The van der Waals surface area contributed by atoms with Gasteiger partial charge in [0, 0.05) is 24.2 Å². The summed E-state index contributed by atoms with van der Waals surface area (Å²) < 4.78 is 10.6. The molecule has 0 aliphatic carbocycles. The van der Waals surface area contributed by atoms with Crippen LogP contribution in [-0.2, 0) is 0 Å². The molecule has 1 aliphatic heterocycles. The molecule has 122 valence electrons. The van der Waals surface area contributed by atoms with Crippen molar-refractivity contribution in [2.45, 2.75) is 45.2 Å². The molecule has 1 heterocycles. The summed E-state index contributed by atoms with van der Waals surface area (Å²) in [4.78, 5) is 14.9. The monoisotopic (exact) mass is 306 g/mol. The molecule has 22 heavy (non-hydrogen) atoms. The fourth-order valence-corrected chi connectivity index (χ4v) is 3.12. The Hall–Kier alpha value is -1.75. The highest BCUT2D eigenvalue weighted by Crippen LogP contribution is 2.32. The van der Waals surface area contributed by atoms with Gasteiger partial charge in [-0.05, 0) is 50.8 Å². The van der Waals surface area contributed by atoms with Crippen LogP contribution in [0.5, 0.6) is 11.5 Å². The molecule has 0 spiro atoms. The van der Waals surface area contributed by atoms with Gasteiger partial charge in [0.05, 0.1) is 14.2 Å². The Morgan fingerprint density at radius 2 is 1.91 bits per heavy atom. The highest BCUT2D eigenvalue weighted by Gasteiger charge is 2.31. The second-order valence-electron chi connectivity index (χ2n) is 5.94. The Balaban J connectivity index is 2.35. The molecule has 1 amide bonds. The normalized spacial score (nSPS) is 19.7. The molecule has 1 aromatic rings. The highest BCUT2D eigenvalue weighted by atomic mass is 16.5. The van der Waals surface area contributed by atoms with E-state index in [1.165, 1.54) is 0 Å². The molecule has 1 saturated heterocycles. The van der Waals surface area contributed by atoms with Crippen molar-refractivity contribution in [3.63, 3.8) is 0 Å². The first kappa shape index (κ1) is 16.6. The first-order valence-electron chi connectivity index (χ1n) is 7.78. The van der Waals surface area contributed by atoms with E-state index in [0.29, 0.717) is 17.1 Å². The number of nitrogens with zero attached hydrogens (tertiary/aromatic N) is 1. The van der Waals surface area contributed by atoms with Crippen LogP contribution in [0.25, 0.3) is 0 Å². The number of rotatable bonds is 4. The molecule has 2 N–H and O–H groups in total. The minimum atomic E-state index is -0.0234. The van der Waals surface area contributed by atoms with Crippen molar-refractivity contribution in [2.75, 3.05) is 20.8 Å². The van der Waals surface area contributed by atoms with Crippen molar-refractivity contribution in [2.24, 2.45) is 5.73 Å². The van der Waals surface area contributed by atoms with Gasteiger partial charge < -0.3 is 20.1 Å². The predicted octanol–water partition coefficient (Wildman–Crippen LogP) is 2.35. The summed E-state index contributed by atoms with van der Waals surface area (Å²) >= 11 is 0. The summed E-state index contributed by atoms with van der Waals surface area (Å²) in [7, 11) is 3.17. The van der Waals surface area contributed by atoms with Crippen LogP contribution in [-0.4, -0.2) is 43.7 Å². The molecule has 5 nitrogen and oxygen atoms in total. The third kappa shape index (κ3) is 3.19. The number of nitrogens with two attached hydrogens (primary N) is 1. The number of benzene rings is 1. The average Bonchev–Trinajstić information content (AvgIpc) is 2.53. The Kier molecular flexibility index (Phi) is 5.29. The smallest absolute Gasteiger partial charge is 0.254 e. The highest BCUT2D eigenvalue weighted by molar-refractivity contribution is 5.96. The lowest BCUT2D eigenvalue weighted by Gasteiger charge is -2.38. The van der Waals surface area contributed by atoms with Gasteiger partial charge >= 0.3 is 0 Å². The van der Waals surface area contributed by atoms with Gasteiger partial charge in [0.15, 0.2) is 11.5 Å². The Morgan fingerprint density at radius 3 is 2.50 bits per heavy atom. The summed E-state index contributed by atoms with van der Waals surface area (Å²) in [6.07, 6.45) is 3.12. The van der Waals surface area contributed by atoms with Crippen LogP contribution in [0.3, 0.4) is 0 Å². The first-order chi connectivity index (χ1) is 10.5. The van der Waals surface area contributed by atoms with Gasteiger partial charge in [-0.2, -0.15) is 0 Å². The lowest BCUT2D eigenvalue weighted by atomic mass is 9.95. The number of likely N-dealkylation sites (tertiary alicyclic amines) is 1. The van der Waals surface area contributed by atoms with Crippen LogP contribution in [0.2, 0.25) is 0 Å². The Morgan fingerprint density at radius 1 is 1.27 bits per heavy atom. The minimum Gasteiger partial charge on any atom is -0.493 e. The number of carbonyl (C=O) groups is 1. The molecule has 0 bridgehead atoms. The molecule has 1 aromatic carbocycles. The number of methoxy groups -OCH3 is 2. The zero-order valence-corrected chi connectivity index (χ0v) is 13.9. The van der Waals surface area contributed by atoms with E-state index in [-0.39, 0.29) is 18.0 Å². The fourth-order valence-electron chi connectivity index (χ4n) is 3.12. The Labute approximate surface area is 132 Å². The number of amides is 1. The van der Waals surface area contributed by atoms with Crippen molar-refractivity contribution in [3.05, 3.63) is 23.3 Å². The summed E-state index contributed by atoms with van der Waals surface area (Å²) in [5, 5.41) is 0. The quantitative estimate of drug-likeness (QED) is 0.927. The van der Waals surface area contributed by atoms with Crippen molar-refractivity contribution in [1.29, 1.82) is 0 Å². The van der Waals surface area contributed by atoms with Crippen LogP contribution in [0, 0.1) is 6.92 Å². The van der Waals surface area contributed by atoms with Gasteiger partial charge in [0.1, 0.15) is 0 Å². The second-order valence-corrected chi connectivity index (χ2v) is 5.94. The fraction of sp³-hybridized carbons (Fsp3) is 0.588. The van der Waals surface area contributed by atoms with Gasteiger partial charge in [0.25, 0.3) is 5.91 Å². The second kappa shape index (κ2) is 7.01. The van der Waals surface area contributed by atoms with E-state index in [4.69, 9.17) is 15.2 Å². The zero-order chi connectivity index (χ0) is 16.3. The van der Waals surface area contributed by atoms with E-state index in [9.17, 15) is 4.79 Å². The van der Waals surface area contributed by atoms with E-state index < -0.39 is 0 Å². The summed E-state index contributed by atoms with van der Waals surface area (Å²) in [6.45, 7) is 4.65. The van der Waals surface area contributed by atoms with Gasteiger partial charge in [-0.15, -0.1) is 0 Å². The number of piperidine rings is 1. The number of hydrogen-bond donors (Lipinski definition) is 1. The van der Waals surface area contributed by atoms with E-state index in [0.717, 1.165) is 31.4 Å². The molecule has 1 fully saturated rings. The average molecular weight is 306 g/mol. The molecule has 2 rings (SSSR count). The SMILES string of the molecule is COc1cc(C)c(C(=O)N2CCCCC2C(C)N)cc1OC. The minimum absolute atomic E-state index is 0.0234. The van der Waals surface area contributed by atoms with Crippen LogP contribution in [0.1, 0.15) is 42.1 Å².